The normalized spacial score (nSPS) is 10.4. The molecule has 27 heavy (non-hydrogen) atoms. The first-order valence-corrected chi connectivity index (χ1v) is 8.54. The molecule has 0 unspecified atom stereocenters. The number of esters is 3. The molecule has 2 aromatic rings. The molecule has 1 heterocycles. The standard InChI is InChI=1S/C20H23NO6/c1-5-26-20(24)17-10-13(2)21(14(17)3)11-18(22)27-12-15-6-8-16(9-7-15)19(23)25-4/h6-10H,5,11-12H2,1-4H3. The molecule has 0 aliphatic carbocycles. The van der Waals surface area contributed by atoms with E-state index in [-0.39, 0.29) is 13.2 Å². The van der Waals surface area contributed by atoms with Gasteiger partial charge in [0.25, 0.3) is 0 Å². The Morgan fingerprint density at radius 3 is 2.26 bits per heavy atom. The number of rotatable bonds is 7. The van der Waals surface area contributed by atoms with Crippen molar-refractivity contribution in [3.63, 3.8) is 0 Å². The first-order chi connectivity index (χ1) is 12.9. The summed E-state index contributed by atoms with van der Waals surface area (Å²) in [5, 5.41) is 0. The summed E-state index contributed by atoms with van der Waals surface area (Å²) in [6, 6.07) is 8.32. The van der Waals surface area contributed by atoms with E-state index in [4.69, 9.17) is 9.47 Å². The van der Waals surface area contributed by atoms with E-state index in [9.17, 15) is 14.4 Å². The van der Waals surface area contributed by atoms with Crippen molar-refractivity contribution in [2.24, 2.45) is 0 Å². The molecule has 0 saturated carbocycles. The van der Waals surface area contributed by atoms with Gasteiger partial charge in [0.1, 0.15) is 13.2 Å². The summed E-state index contributed by atoms with van der Waals surface area (Å²) >= 11 is 0. The minimum absolute atomic E-state index is 0.00266. The molecule has 144 valence electrons. The molecule has 0 amide bonds. The average Bonchev–Trinajstić information content (AvgIpc) is 2.94. The molecule has 0 bridgehead atoms. The maximum Gasteiger partial charge on any atom is 0.339 e. The molecule has 0 spiro atoms. The molecule has 0 atom stereocenters. The molecule has 0 aliphatic rings. The Kier molecular flexibility index (Phi) is 6.76. The minimum Gasteiger partial charge on any atom is -0.465 e. The summed E-state index contributed by atoms with van der Waals surface area (Å²) in [5.74, 6) is -1.25. The summed E-state index contributed by atoms with van der Waals surface area (Å²) in [6.07, 6.45) is 0. The van der Waals surface area contributed by atoms with Gasteiger partial charge in [0.05, 0.1) is 24.8 Å². The van der Waals surface area contributed by atoms with E-state index >= 15 is 0 Å². The molecule has 7 nitrogen and oxygen atoms in total. The van der Waals surface area contributed by atoms with Crippen LogP contribution in [0.1, 0.15) is 44.6 Å². The van der Waals surface area contributed by atoms with Gasteiger partial charge in [-0.1, -0.05) is 12.1 Å². The van der Waals surface area contributed by atoms with Crippen LogP contribution < -0.4 is 0 Å². The van der Waals surface area contributed by atoms with Gasteiger partial charge in [-0.15, -0.1) is 0 Å². The molecule has 1 aromatic heterocycles. The number of benzene rings is 1. The van der Waals surface area contributed by atoms with Crippen LogP contribution in [0.3, 0.4) is 0 Å². The molecule has 0 saturated heterocycles. The minimum atomic E-state index is -0.427. The van der Waals surface area contributed by atoms with Crippen molar-refractivity contribution in [1.29, 1.82) is 0 Å². The predicted octanol–water partition coefficient (Wildman–Crippen LogP) is 2.81. The number of hydrogen-bond donors (Lipinski definition) is 0. The number of hydrogen-bond acceptors (Lipinski definition) is 6. The molecular formula is C20H23NO6. The van der Waals surface area contributed by atoms with Gasteiger partial charge in [0.2, 0.25) is 0 Å². The Labute approximate surface area is 157 Å². The molecule has 0 radical (unpaired) electrons. The highest BCUT2D eigenvalue weighted by Gasteiger charge is 2.18. The number of nitrogens with zero attached hydrogens (tertiary/aromatic N) is 1. The Balaban J connectivity index is 1.98. The second-order valence-electron chi connectivity index (χ2n) is 5.94. The summed E-state index contributed by atoms with van der Waals surface area (Å²) in [5.41, 5.74) is 3.06. The number of aromatic nitrogens is 1. The van der Waals surface area contributed by atoms with E-state index in [0.717, 1.165) is 11.3 Å². The fourth-order valence-corrected chi connectivity index (χ4v) is 2.65. The molecule has 1 aromatic carbocycles. The lowest BCUT2D eigenvalue weighted by atomic mass is 10.1. The van der Waals surface area contributed by atoms with Crippen LogP contribution in [0.25, 0.3) is 0 Å². The van der Waals surface area contributed by atoms with Crippen molar-refractivity contribution in [1.82, 2.24) is 4.57 Å². The third-order valence-electron chi connectivity index (χ3n) is 4.13. The van der Waals surface area contributed by atoms with Crippen LogP contribution in [-0.2, 0) is 32.2 Å². The van der Waals surface area contributed by atoms with E-state index in [0.29, 0.717) is 23.4 Å². The predicted molar refractivity (Wildman–Crippen MR) is 97.4 cm³/mol. The highest BCUT2D eigenvalue weighted by atomic mass is 16.5. The van der Waals surface area contributed by atoms with Crippen LogP contribution in [0.5, 0.6) is 0 Å². The van der Waals surface area contributed by atoms with Crippen molar-refractivity contribution in [3.8, 4) is 0 Å². The van der Waals surface area contributed by atoms with E-state index < -0.39 is 17.9 Å². The van der Waals surface area contributed by atoms with Gasteiger partial charge < -0.3 is 18.8 Å². The lowest BCUT2D eigenvalue weighted by Gasteiger charge is -2.10. The summed E-state index contributed by atoms with van der Waals surface area (Å²) < 4.78 is 16.7. The first kappa shape index (κ1) is 20.2. The lowest BCUT2D eigenvalue weighted by Crippen LogP contribution is -2.16. The van der Waals surface area contributed by atoms with E-state index in [1.165, 1.54) is 7.11 Å². The Morgan fingerprint density at radius 2 is 1.67 bits per heavy atom. The van der Waals surface area contributed by atoms with Crippen molar-refractivity contribution in [2.45, 2.75) is 33.9 Å². The zero-order valence-corrected chi connectivity index (χ0v) is 15.9. The van der Waals surface area contributed by atoms with Gasteiger partial charge in [-0.2, -0.15) is 0 Å². The van der Waals surface area contributed by atoms with Gasteiger partial charge >= 0.3 is 17.9 Å². The van der Waals surface area contributed by atoms with E-state index in [1.54, 1.807) is 48.7 Å². The monoisotopic (exact) mass is 373 g/mol. The fourth-order valence-electron chi connectivity index (χ4n) is 2.65. The van der Waals surface area contributed by atoms with Crippen molar-refractivity contribution in [2.75, 3.05) is 13.7 Å². The van der Waals surface area contributed by atoms with Gasteiger partial charge in [-0.3, -0.25) is 4.79 Å². The third kappa shape index (κ3) is 4.97. The van der Waals surface area contributed by atoms with Crippen LogP contribution in [0.15, 0.2) is 30.3 Å². The maximum absolute atomic E-state index is 12.2. The first-order valence-electron chi connectivity index (χ1n) is 8.54. The Bertz CT molecular complexity index is 835. The van der Waals surface area contributed by atoms with Crippen molar-refractivity contribution < 1.29 is 28.6 Å². The molecule has 0 N–H and O–H groups in total. The van der Waals surface area contributed by atoms with Crippen LogP contribution in [0.2, 0.25) is 0 Å². The Morgan fingerprint density at radius 1 is 1.00 bits per heavy atom. The highest BCUT2D eigenvalue weighted by molar-refractivity contribution is 5.91. The van der Waals surface area contributed by atoms with Crippen LogP contribution in [0, 0.1) is 13.8 Å². The second kappa shape index (κ2) is 9.02. The largest absolute Gasteiger partial charge is 0.465 e. The van der Waals surface area contributed by atoms with Crippen LogP contribution >= 0.6 is 0 Å². The van der Waals surface area contributed by atoms with Crippen molar-refractivity contribution in [3.05, 3.63) is 58.4 Å². The average molecular weight is 373 g/mol. The topological polar surface area (TPSA) is 83.8 Å². The number of ether oxygens (including phenoxy) is 3. The quantitative estimate of drug-likeness (QED) is 0.548. The lowest BCUT2D eigenvalue weighted by molar-refractivity contribution is -0.145. The molecular weight excluding hydrogens is 350 g/mol. The molecule has 0 aliphatic heterocycles. The van der Waals surface area contributed by atoms with Gasteiger partial charge in [-0.05, 0) is 44.5 Å². The third-order valence-corrected chi connectivity index (χ3v) is 4.13. The zero-order chi connectivity index (χ0) is 20.0. The molecule has 2 rings (SSSR count). The van der Waals surface area contributed by atoms with Gasteiger partial charge in [0, 0.05) is 11.4 Å². The number of aryl methyl sites for hydroxylation is 1. The zero-order valence-electron chi connectivity index (χ0n) is 15.9. The van der Waals surface area contributed by atoms with Gasteiger partial charge in [-0.25, -0.2) is 9.59 Å². The summed E-state index contributed by atoms with van der Waals surface area (Å²) in [6.45, 7) is 5.69. The molecule has 0 fully saturated rings. The maximum atomic E-state index is 12.2. The summed E-state index contributed by atoms with van der Waals surface area (Å²) in [4.78, 5) is 35.5. The summed E-state index contributed by atoms with van der Waals surface area (Å²) in [7, 11) is 1.32. The SMILES string of the molecule is CCOC(=O)c1cc(C)n(CC(=O)OCc2ccc(C(=O)OC)cc2)c1C. The molecule has 7 heteroatoms. The second-order valence-corrected chi connectivity index (χ2v) is 5.94. The fraction of sp³-hybridized carbons (Fsp3) is 0.350. The van der Waals surface area contributed by atoms with E-state index in [1.807, 2.05) is 6.92 Å². The van der Waals surface area contributed by atoms with Gasteiger partial charge in [0.15, 0.2) is 0 Å². The van der Waals surface area contributed by atoms with Crippen LogP contribution in [-0.4, -0.2) is 36.2 Å². The van der Waals surface area contributed by atoms with Crippen molar-refractivity contribution >= 4 is 17.9 Å². The number of carbonyl (C=O) groups is 3. The van der Waals surface area contributed by atoms with Crippen LogP contribution in [0.4, 0.5) is 0 Å². The van der Waals surface area contributed by atoms with E-state index in [2.05, 4.69) is 4.74 Å². The number of methoxy groups -OCH3 is 1. The highest BCUT2D eigenvalue weighted by Crippen LogP contribution is 2.16. The smallest absolute Gasteiger partial charge is 0.339 e. The Hall–Kier alpha value is -3.09. The number of carbonyl (C=O) groups excluding carboxylic acids is 3.